The molecule has 1 aromatic heterocycles. The number of aliphatic imine (C=N–C) groups is 1. The summed E-state index contributed by atoms with van der Waals surface area (Å²) in [5, 5.41) is 8.85. The Morgan fingerprint density at radius 2 is 2.19 bits per heavy atom. The lowest BCUT2D eigenvalue weighted by molar-refractivity contribution is 0.104. The number of benzene rings is 1. The number of H-pyrrole nitrogens is 1. The van der Waals surface area contributed by atoms with Gasteiger partial charge in [0.05, 0.1) is 23.5 Å². The van der Waals surface area contributed by atoms with E-state index < -0.39 is 23.8 Å². The van der Waals surface area contributed by atoms with E-state index >= 15 is 0 Å². The average Bonchev–Trinajstić information content (AvgIpc) is 2.99. The molecule has 140 valence electrons. The monoisotopic (exact) mass is 387 g/mol. The first kappa shape index (κ1) is 18.5. The standard InChI is InChI=1S/C16H17ClF3N5O/c1-16(7-26-6-12(21)24-16)9-4-8(2-3-11(9)18)23-14(15(19)20)13-10(17)5-22-25-13/h2-5,14-15,23H,6-7H2,1H3,(H2,21,24)(H,22,25). The van der Waals surface area contributed by atoms with Crippen molar-refractivity contribution < 1.29 is 17.9 Å². The second kappa shape index (κ2) is 7.16. The number of nitrogens with zero attached hydrogens (tertiary/aromatic N) is 2. The van der Waals surface area contributed by atoms with Crippen molar-refractivity contribution in [3.63, 3.8) is 0 Å². The Bertz CT molecular complexity index is 828. The first-order chi connectivity index (χ1) is 12.3. The first-order valence-electron chi connectivity index (χ1n) is 7.75. The van der Waals surface area contributed by atoms with E-state index in [0.29, 0.717) is 0 Å². The number of rotatable bonds is 5. The Hall–Kier alpha value is -2.26. The van der Waals surface area contributed by atoms with Crippen LogP contribution in [-0.4, -0.2) is 35.7 Å². The van der Waals surface area contributed by atoms with E-state index in [4.69, 9.17) is 22.1 Å². The molecule has 0 saturated carbocycles. The van der Waals surface area contributed by atoms with Crippen LogP contribution in [0.3, 0.4) is 0 Å². The van der Waals surface area contributed by atoms with Gasteiger partial charge >= 0.3 is 0 Å². The number of aromatic nitrogens is 2. The summed E-state index contributed by atoms with van der Waals surface area (Å²) in [6.45, 7) is 1.96. The normalized spacial score (nSPS) is 21.5. The number of ether oxygens (including phenoxy) is 1. The van der Waals surface area contributed by atoms with E-state index in [9.17, 15) is 13.2 Å². The number of aromatic amines is 1. The Morgan fingerprint density at radius 3 is 2.81 bits per heavy atom. The molecule has 0 aliphatic carbocycles. The molecule has 6 nitrogen and oxygen atoms in total. The highest BCUT2D eigenvalue weighted by molar-refractivity contribution is 6.31. The highest BCUT2D eigenvalue weighted by atomic mass is 35.5. The lowest BCUT2D eigenvalue weighted by Crippen LogP contribution is -2.38. The zero-order chi connectivity index (χ0) is 18.9. The summed E-state index contributed by atoms with van der Waals surface area (Å²) in [4.78, 5) is 4.28. The number of nitrogens with two attached hydrogens (primary N) is 1. The van der Waals surface area contributed by atoms with Gasteiger partial charge in [0.2, 0.25) is 0 Å². The quantitative estimate of drug-likeness (QED) is 0.735. The van der Waals surface area contributed by atoms with E-state index in [1.165, 1.54) is 24.4 Å². The minimum Gasteiger partial charge on any atom is -0.386 e. The number of amidine groups is 1. The second-order valence-electron chi connectivity index (χ2n) is 6.15. The molecule has 10 heteroatoms. The predicted molar refractivity (Wildman–Crippen MR) is 92.2 cm³/mol. The van der Waals surface area contributed by atoms with Crippen LogP contribution in [0, 0.1) is 5.82 Å². The molecular formula is C16H17ClF3N5O. The molecule has 2 atom stereocenters. The van der Waals surface area contributed by atoms with Crippen LogP contribution in [0.2, 0.25) is 5.02 Å². The van der Waals surface area contributed by atoms with E-state index in [-0.39, 0.29) is 41.0 Å². The van der Waals surface area contributed by atoms with Crippen LogP contribution in [0.25, 0.3) is 0 Å². The van der Waals surface area contributed by atoms with Crippen LogP contribution in [-0.2, 0) is 10.3 Å². The Morgan fingerprint density at radius 1 is 1.42 bits per heavy atom. The third-order valence-corrected chi connectivity index (χ3v) is 4.38. The number of hydrogen-bond acceptors (Lipinski definition) is 5. The van der Waals surface area contributed by atoms with Crippen molar-refractivity contribution in [3.05, 3.63) is 46.5 Å². The minimum absolute atomic E-state index is 0.0435. The minimum atomic E-state index is -2.77. The van der Waals surface area contributed by atoms with Gasteiger partial charge in [-0.15, -0.1) is 0 Å². The van der Waals surface area contributed by atoms with Crippen molar-refractivity contribution in [2.24, 2.45) is 10.7 Å². The number of alkyl halides is 2. The summed E-state index contributed by atoms with van der Waals surface area (Å²) < 4.78 is 46.7. The number of nitrogens with one attached hydrogen (secondary N) is 2. The van der Waals surface area contributed by atoms with Gasteiger partial charge < -0.3 is 15.8 Å². The van der Waals surface area contributed by atoms with Crippen molar-refractivity contribution >= 4 is 23.1 Å². The van der Waals surface area contributed by atoms with E-state index in [1.807, 2.05) is 0 Å². The maximum absolute atomic E-state index is 14.4. The molecule has 1 aliphatic heterocycles. The van der Waals surface area contributed by atoms with Gasteiger partial charge in [-0.05, 0) is 25.1 Å². The molecule has 0 bridgehead atoms. The third-order valence-electron chi connectivity index (χ3n) is 4.08. The lowest BCUT2D eigenvalue weighted by Gasteiger charge is -2.31. The Balaban J connectivity index is 1.94. The summed E-state index contributed by atoms with van der Waals surface area (Å²) in [5.41, 5.74) is 5.16. The molecule has 0 amide bonds. The molecule has 3 rings (SSSR count). The summed E-state index contributed by atoms with van der Waals surface area (Å²) >= 11 is 5.89. The van der Waals surface area contributed by atoms with Crippen LogP contribution in [0.15, 0.2) is 29.4 Å². The van der Waals surface area contributed by atoms with Gasteiger partial charge in [-0.3, -0.25) is 10.1 Å². The van der Waals surface area contributed by atoms with Gasteiger partial charge in [-0.25, -0.2) is 13.2 Å². The zero-order valence-corrected chi connectivity index (χ0v) is 14.5. The molecule has 2 heterocycles. The van der Waals surface area contributed by atoms with Crippen LogP contribution in [0.5, 0.6) is 0 Å². The molecule has 0 spiro atoms. The number of anilines is 1. The fourth-order valence-corrected chi connectivity index (χ4v) is 3.05. The van der Waals surface area contributed by atoms with Crippen LogP contribution in [0.1, 0.15) is 24.2 Å². The topological polar surface area (TPSA) is 88.3 Å². The summed E-state index contributed by atoms with van der Waals surface area (Å²) in [6, 6.07) is 2.52. The van der Waals surface area contributed by atoms with Gasteiger partial charge in [-0.1, -0.05) is 11.6 Å². The molecule has 4 N–H and O–H groups in total. The van der Waals surface area contributed by atoms with Gasteiger partial charge in [0, 0.05) is 11.3 Å². The van der Waals surface area contributed by atoms with Crippen LogP contribution < -0.4 is 11.1 Å². The Kier molecular flexibility index (Phi) is 5.10. The van der Waals surface area contributed by atoms with E-state index in [2.05, 4.69) is 20.5 Å². The van der Waals surface area contributed by atoms with Crippen molar-refractivity contribution in [1.29, 1.82) is 0 Å². The molecule has 1 aliphatic rings. The molecular weight excluding hydrogens is 371 g/mol. The van der Waals surface area contributed by atoms with E-state index in [0.717, 1.165) is 0 Å². The summed E-state index contributed by atoms with van der Waals surface area (Å²) in [6.07, 6.45) is -1.54. The van der Waals surface area contributed by atoms with Crippen molar-refractivity contribution in [2.45, 2.75) is 24.9 Å². The van der Waals surface area contributed by atoms with Gasteiger partial charge in [-0.2, -0.15) is 5.10 Å². The fourth-order valence-electron chi connectivity index (χ4n) is 2.84. The Labute approximate surface area is 152 Å². The van der Waals surface area contributed by atoms with Crippen molar-refractivity contribution in [1.82, 2.24) is 10.2 Å². The summed E-state index contributed by atoms with van der Waals surface area (Å²) in [7, 11) is 0. The van der Waals surface area contributed by atoms with Gasteiger partial charge in [0.15, 0.2) is 0 Å². The first-order valence-corrected chi connectivity index (χ1v) is 8.13. The third kappa shape index (κ3) is 3.63. The van der Waals surface area contributed by atoms with Gasteiger partial charge in [0.1, 0.15) is 29.8 Å². The van der Waals surface area contributed by atoms with E-state index in [1.54, 1.807) is 6.92 Å². The highest BCUT2D eigenvalue weighted by Crippen LogP contribution is 2.34. The molecule has 0 fully saturated rings. The van der Waals surface area contributed by atoms with Crippen LogP contribution >= 0.6 is 11.6 Å². The number of hydrogen-bond donors (Lipinski definition) is 3. The maximum Gasteiger partial charge on any atom is 0.264 e. The number of halogens is 4. The largest absolute Gasteiger partial charge is 0.386 e. The molecule has 0 radical (unpaired) electrons. The van der Waals surface area contributed by atoms with Crippen LogP contribution in [0.4, 0.5) is 18.9 Å². The van der Waals surface area contributed by atoms with Crippen molar-refractivity contribution in [2.75, 3.05) is 18.5 Å². The maximum atomic E-state index is 14.4. The molecule has 2 unspecified atom stereocenters. The summed E-state index contributed by atoms with van der Waals surface area (Å²) in [5.74, 6) is -0.292. The van der Waals surface area contributed by atoms with Crippen molar-refractivity contribution in [3.8, 4) is 0 Å². The second-order valence-corrected chi connectivity index (χ2v) is 6.56. The fraction of sp³-hybridized carbons (Fsp3) is 0.375. The molecule has 1 aromatic carbocycles. The molecule has 2 aromatic rings. The average molecular weight is 388 g/mol. The molecule has 26 heavy (non-hydrogen) atoms. The highest BCUT2D eigenvalue weighted by Gasteiger charge is 2.33. The lowest BCUT2D eigenvalue weighted by atomic mass is 9.91. The predicted octanol–water partition coefficient (Wildman–Crippen LogP) is 3.22. The smallest absolute Gasteiger partial charge is 0.264 e. The SMILES string of the molecule is CC1(c2cc(NC(c3[nH]ncc3Cl)C(F)F)ccc2F)COCC(N)=N1. The van der Waals surface area contributed by atoms with Gasteiger partial charge in [0.25, 0.3) is 6.43 Å². The zero-order valence-electron chi connectivity index (χ0n) is 13.8. The molecule has 0 saturated heterocycles.